The second kappa shape index (κ2) is 24.4. The van der Waals surface area contributed by atoms with E-state index in [0.29, 0.717) is 56.8 Å². The van der Waals surface area contributed by atoms with Crippen molar-refractivity contribution in [1.82, 2.24) is 30.7 Å². The van der Waals surface area contributed by atoms with Crippen LogP contribution in [0.5, 0.6) is 0 Å². The van der Waals surface area contributed by atoms with E-state index in [1.54, 1.807) is 17.4 Å². The number of nitriles is 1. The molecule has 72 heavy (non-hydrogen) atoms. The van der Waals surface area contributed by atoms with Crippen LogP contribution in [0.15, 0.2) is 65.7 Å². The number of nitrogens with zero attached hydrogens (tertiary/aromatic N) is 5. The van der Waals surface area contributed by atoms with Crippen LogP contribution in [0.1, 0.15) is 89.9 Å². The first-order valence-corrected chi connectivity index (χ1v) is 25.7. The van der Waals surface area contributed by atoms with E-state index in [4.69, 9.17) is 58.7 Å². The van der Waals surface area contributed by atoms with Gasteiger partial charge in [-0.25, -0.2) is 8.78 Å². The minimum atomic E-state index is -1.73. The highest BCUT2D eigenvalue weighted by Crippen LogP contribution is 2.53. The summed E-state index contributed by atoms with van der Waals surface area (Å²) in [5, 5.41) is 30.5. The molecule has 0 spiro atoms. The molecule has 2 aliphatic rings. The molecule has 2 aromatic heterocycles. The molecule has 2 amide bonds. The molecule has 3 aromatic carbocycles. The Morgan fingerprint density at radius 3 is 2.11 bits per heavy atom. The molecule has 1 fully saturated rings. The number of fused-ring (bicyclic) bond motifs is 3. The standard InChI is InChI=1S/C52H59Cl3F2N8O6S/c1-30-31(2)72-50-43(30)46(33-10-12-34(53)13-11-33)61-40(48-64-63-32(3)65(48)50)27-42(66)59-16-18-68-20-22-70-24-25-71-23-21-69-19-17-60-49(67)47-44(36-8-7-9-38(55)45(36)57)52(29-58,41(62-47)28-51(4,5)6)37-15-14-35(54)26-39(37)56/h7-15,26,40-41,44,47,62H,16-25,27-28H2,1-6H3,(H,59,66)(H,60,67)/t40-,41?,44?,47?,52?/m0/s1. The Morgan fingerprint density at radius 1 is 0.861 bits per heavy atom. The van der Waals surface area contributed by atoms with Gasteiger partial charge in [0.25, 0.3) is 0 Å². The number of aromatic nitrogens is 3. The van der Waals surface area contributed by atoms with Crippen molar-refractivity contribution in [3.05, 3.63) is 132 Å². The van der Waals surface area contributed by atoms with Crippen molar-refractivity contribution in [1.29, 1.82) is 5.26 Å². The summed E-state index contributed by atoms with van der Waals surface area (Å²) >= 11 is 20.3. The molecule has 4 heterocycles. The zero-order chi connectivity index (χ0) is 51.7. The quantitative estimate of drug-likeness (QED) is 0.0568. The number of nitrogens with one attached hydrogen (secondary N) is 3. The summed E-state index contributed by atoms with van der Waals surface area (Å²) in [6.45, 7) is 14.6. The van der Waals surface area contributed by atoms with Crippen LogP contribution >= 0.6 is 46.1 Å². The number of rotatable bonds is 22. The highest BCUT2D eigenvalue weighted by atomic mass is 35.5. The third-order valence-corrected chi connectivity index (χ3v) is 14.7. The molecule has 0 saturated carbocycles. The second-order valence-corrected chi connectivity index (χ2v) is 21.4. The van der Waals surface area contributed by atoms with Gasteiger partial charge in [0, 0.05) is 56.7 Å². The Kier molecular flexibility index (Phi) is 18.6. The topological polar surface area (TPSA) is 174 Å². The molecule has 0 aliphatic carbocycles. The molecule has 0 bridgehead atoms. The maximum atomic E-state index is 15.9. The van der Waals surface area contributed by atoms with Gasteiger partial charge in [0.2, 0.25) is 11.8 Å². The van der Waals surface area contributed by atoms with E-state index in [9.17, 15) is 14.9 Å². The number of aliphatic imine (C=N–C) groups is 1. The monoisotopic (exact) mass is 1070 g/mol. The van der Waals surface area contributed by atoms with E-state index in [2.05, 4.69) is 46.1 Å². The third-order valence-electron chi connectivity index (χ3n) is 12.7. The van der Waals surface area contributed by atoms with Crippen molar-refractivity contribution in [2.45, 2.75) is 83.8 Å². The average Bonchev–Trinajstić information content (AvgIpc) is 3.94. The lowest BCUT2D eigenvalue weighted by Crippen LogP contribution is -2.46. The number of halogens is 5. The molecule has 7 rings (SSSR count). The van der Waals surface area contributed by atoms with E-state index in [1.165, 1.54) is 24.3 Å². The lowest BCUT2D eigenvalue weighted by Gasteiger charge is -2.37. The van der Waals surface area contributed by atoms with Crippen LogP contribution in [0.2, 0.25) is 15.1 Å². The Morgan fingerprint density at radius 2 is 1.49 bits per heavy atom. The number of hydrogen-bond donors (Lipinski definition) is 3. The van der Waals surface area contributed by atoms with Gasteiger partial charge < -0.3 is 34.9 Å². The van der Waals surface area contributed by atoms with Gasteiger partial charge in [-0.2, -0.15) is 5.26 Å². The number of amides is 2. The van der Waals surface area contributed by atoms with Crippen molar-refractivity contribution in [3.8, 4) is 11.1 Å². The van der Waals surface area contributed by atoms with Gasteiger partial charge in [0.05, 0.1) is 82.1 Å². The largest absolute Gasteiger partial charge is 0.377 e. The zero-order valence-corrected chi connectivity index (χ0v) is 44.1. The first-order valence-electron chi connectivity index (χ1n) is 23.7. The van der Waals surface area contributed by atoms with Gasteiger partial charge in [-0.05, 0) is 74.1 Å². The van der Waals surface area contributed by atoms with E-state index >= 15 is 8.78 Å². The third kappa shape index (κ3) is 12.5. The molecule has 4 unspecified atom stereocenters. The van der Waals surface area contributed by atoms with Crippen LogP contribution in [0.4, 0.5) is 8.78 Å². The highest BCUT2D eigenvalue weighted by molar-refractivity contribution is 7.15. The van der Waals surface area contributed by atoms with Gasteiger partial charge >= 0.3 is 0 Å². The normalized spacial score (nSPS) is 19.6. The van der Waals surface area contributed by atoms with Gasteiger partial charge in [-0.3, -0.25) is 19.1 Å². The average molecular weight is 1070 g/mol. The molecule has 0 radical (unpaired) electrons. The highest BCUT2D eigenvalue weighted by Gasteiger charge is 2.61. The molecular formula is C52H59Cl3F2N8O6S. The molecule has 384 valence electrons. The van der Waals surface area contributed by atoms with Gasteiger partial charge in [-0.1, -0.05) is 85.9 Å². The molecule has 5 atom stereocenters. The van der Waals surface area contributed by atoms with Crippen molar-refractivity contribution in [3.63, 3.8) is 0 Å². The summed E-state index contributed by atoms with van der Waals surface area (Å²) in [6, 6.07) is 15.8. The van der Waals surface area contributed by atoms with Gasteiger partial charge in [-0.15, -0.1) is 21.5 Å². The smallest absolute Gasteiger partial charge is 0.237 e. The summed E-state index contributed by atoms with van der Waals surface area (Å²) in [4.78, 5) is 33.6. The summed E-state index contributed by atoms with van der Waals surface area (Å²) in [5.74, 6) is -2.08. The number of benzene rings is 3. The van der Waals surface area contributed by atoms with E-state index < -0.39 is 47.0 Å². The van der Waals surface area contributed by atoms with Crippen LogP contribution in [0, 0.1) is 49.2 Å². The fraction of sp³-hybridized carbons (Fsp3) is 0.462. The number of carbonyl (C=O) groups is 2. The van der Waals surface area contributed by atoms with Gasteiger partial charge in [0.1, 0.15) is 33.9 Å². The SMILES string of the molecule is Cc1sc2c(c1C)C(c1ccc(Cl)cc1)=N[C@@H](CC(=O)NCCOCCOCCOCCOCCNC(=O)C1NC(CC(C)(C)C)C(C#N)(c3ccc(Cl)cc3F)C1c1cccc(Cl)c1F)c1nnc(C)n1-2. The minimum absolute atomic E-state index is 0.00487. The summed E-state index contributed by atoms with van der Waals surface area (Å²) in [5.41, 5.74) is 1.71. The molecule has 20 heteroatoms. The van der Waals surface area contributed by atoms with Gasteiger partial charge in [0.15, 0.2) is 5.82 Å². The lowest BCUT2D eigenvalue weighted by atomic mass is 9.62. The van der Waals surface area contributed by atoms with Crippen LogP contribution in [-0.4, -0.2) is 110 Å². The summed E-state index contributed by atoms with van der Waals surface area (Å²) in [6.07, 6.45) is 0.422. The second-order valence-electron chi connectivity index (χ2n) is 18.9. The molecule has 1 saturated heterocycles. The predicted molar refractivity (Wildman–Crippen MR) is 275 cm³/mol. The number of hydrogen-bond acceptors (Lipinski definition) is 12. The fourth-order valence-electron chi connectivity index (χ4n) is 9.32. The number of thiophene rings is 1. The summed E-state index contributed by atoms with van der Waals surface area (Å²) in [7, 11) is 0. The Hall–Kier alpha value is -4.87. The molecule has 5 aromatic rings. The Balaban J connectivity index is 0.802. The first-order chi connectivity index (χ1) is 34.4. The van der Waals surface area contributed by atoms with Crippen molar-refractivity contribution in [2.75, 3.05) is 65.9 Å². The van der Waals surface area contributed by atoms with Crippen molar-refractivity contribution < 1.29 is 37.3 Å². The van der Waals surface area contributed by atoms with E-state index in [1.807, 2.05) is 56.5 Å². The Labute approximate surface area is 437 Å². The van der Waals surface area contributed by atoms with Crippen LogP contribution in [0.3, 0.4) is 0 Å². The van der Waals surface area contributed by atoms with E-state index in [-0.39, 0.29) is 65.3 Å². The van der Waals surface area contributed by atoms with Crippen LogP contribution in [0.25, 0.3) is 5.00 Å². The molecule has 3 N–H and O–H groups in total. The number of carbonyl (C=O) groups excluding carboxylic acids is 2. The zero-order valence-electron chi connectivity index (χ0n) is 41.1. The molecule has 2 aliphatic heterocycles. The lowest BCUT2D eigenvalue weighted by molar-refractivity contribution is -0.123. The maximum Gasteiger partial charge on any atom is 0.237 e. The predicted octanol–water partition coefficient (Wildman–Crippen LogP) is 9.10. The van der Waals surface area contributed by atoms with Crippen molar-refractivity contribution >= 4 is 63.7 Å². The van der Waals surface area contributed by atoms with E-state index in [0.717, 1.165) is 44.2 Å². The minimum Gasteiger partial charge on any atom is -0.377 e. The van der Waals surface area contributed by atoms with Crippen molar-refractivity contribution in [2.24, 2.45) is 10.4 Å². The first kappa shape index (κ1) is 54.9. The Bertz CT molecular complexity index is 2800. The fourth-order valence-corrected chi connectivity index (χ4v) is 11.0. The maximum absolute atomic E-state index is 15.9. The molecule has 14 nitrogen and oxygen atoms in total. The number of aryl methyl sites for hydroxylation is 2. The van der Waals surface area contributed by atoms with Crippen LogP contribution < -0.4 is 16.0 Å². The van der Waals surface area contributed by atoms with Crippen LogP contribution in [-0.2, 0) is 34.0 Å². The number of ether oxygens (including phenoxy) is 4. The summed E-state index contributed by atoms with van der Waals surface area (Å²) < 4.78 is 56.4. The molecular weight excluding hydrogens is 1010 g/mol.